The first kappa shape index (κ1) is 13.2. The molecule has 0 fully saturated rings. The minimum Gasteiger partial charge on any atom is -0.434 e. The highest BCUT2D eigenvalue weighted by molar-refractivity contribution is 5.59. The molecule has 0 aliphatic rings. The van der Waals surface area contributed by atoms with Crippen molar-refractivity contribution in [2.24, 2.45) is 0 Å². The minimum atomic E-state index is -0.696. The van der Waals surface area contributed by atoms with Crippen molar-refractivity contribution in [3.05, 3.63) is 7.11 Å². The number of hydrogen-bond donors (Lipinski definition) is 0. The molecule has 14 heavy (non-hydrogen) atoms. The van der Waals surface area contributed by atoms with Crippen LogP contribution in [0.4, 0.5) is 4.79 Å². The van der Waals surface area contributed by atoms with E-state index in [0.717, 1.165) is 19.4 Å². The van der Waals surface area contributed by atoms with Crippen LogP contribution in [0.1, 0.15) is 25.7 Å². The number of carbonyl (C=O) groups excluding carboxylic acids is 1. The van der Waals surface area contributed by atoms with Gasteiger partial charge in [-0.05, 0) is 33.5 Å². The first-order valence-corrected chi connectivity index (χ1v) is 4.90. The Morgan fingerprint density at radius 1 is 1.21 bits per heavy atom. The molecule has 83 valence electrons. The summed E-state index contributed by atoms with van der Waals surface area (Å²) in [5, 5.41) is 0. The summed E-state index contributed by atoms with van der Waals surface area (Å²) in [7, 11) is 7.08. The summed E-state index contributed by atoms with van der Waals surface area (Å²) >= 11 is 0. The highest BCUT2D eigenvalue weighted by Gasteiger charge is 1.98. The minimum absolute atomic E-state index is 0.427. The van der Waals surface area contributed by atoms with Crippen LogP contribution >= 0.6 is 0 Å². The molecule has 0 saturated carbocycles. The zero-order chi connectivity index (χ0) is 10.8. The zero-order valence-corrected chi connectivity index (χ0v) is 9.12. The molecule has 0 aromatic rings. The van der Waals surface area contributed by atoms with Gasteiger partial charge in [-0.1, -0.05) is 12.8 Å². The van der Waals surface area contributed by atoms with Gasteiger partial charge >= 0.3 is 6.16 Å². The van der Waals surface area contributed by atoms with Gasteiger partial charge in [0.25, 0.3) is 0 Å². The Labute approximate surface area is 86.2 Å². The van der Waals surface area contributed by atoms with Gasteiger partial charge in [0.05, 0.1) is 6.61 Å². The van der Waals surface area contributed by atoms with Gasteiger partial charge in [0, 0.05) is 0 Å². The Balaban J connectivity index is 3.03. The van der Waals surface area contributed by atoms with Gasteiger partial charge in [-0.15, -0.1) is 0 Å². The van der Waals surface area contributed by atoms with Crippen LogP contribution in [0.15, 0.2) is 0 Å². The van der Waals surface area contributed by atoms with Crippen molar-refractivity contribution in [2.45, 2.75) is 25.7 Å². The fourth-order valence-corrected chi connectivity index (χ4v) is 1.08. The van der Waals surface area contributed by atoms with E-state index in [0.29, 0.717) is 6.61 Å². The van der Waals surface area contributed by atoms with Gasteiger partial charge in [-0.3, -0.25) is 0 Å². The highest BCUT2D eigenvalue weighted by atomic mass is 16.7. The molecule has 0 atom stereocenters. The van der Waals surface area contributed by atoms with Crippen molar-refractivity contribution in [1.82, 2.24) is 4.90 Å². The summed E-state index contributed by atoms with van der Waals surface area (Å²) in [5.41, 5.74) is 0. The Hall–Kier alpha value is -0.770. The van der Waals surface area contributed by atoms with Gasteiger partial charge < -0.3 is 14.4 Å². The second-order valence-corrected chi connectivity index (χ2v) is 3.46. The number of rotatable bonds is 7. The molecule has 0 saturated heterocycles. The molecule has 0 unspecified atom stereocenters. The zero-order valence-electron chi connectivity index (χ0n) is 9.12. The molecule has 0 aromatic carbocycles. The smallest absolute Gasteiger partial charge is 0.434 e. The molecule has 0 aliphatic heterocycles. The second kappa shape index (κ2) is 8.81. The third-order valence-corrected chi connectivity index (χ3v) is 1.84. The Bertz CT molecular complexity index is 148. The second-order valence-electron chi connectivity index (χ2n) is 3.46. The average Bonchev–Trinajstić information content (AvgIpc) is 2.15. The van der Waals surface area contributed by atoms with E-state index in [1.165, 1.54) is 12.8 Å². The van der Waals surface area contributed by atoms with Crippen LogP contribution in [0.25, 0.3) is 0 Å². The van der Waals surface area contributed by atoms with E-state index in [1.807, 2.05) is 0 Å². The third-order valence-electron chi connectivity index (χ3n) is 1.84. The van der Waals surface area contributed by atoms with Gasteiger partial charge in [0.15, 0.2) is 0 Å². The topological polar surface area (TPSA) is 38.8 Å². The molecule has 4 heteroatoms. The van der Waals surface area contributed by atoms with Gasteiger partial charge in [-0.25, -0.2) is 4.79 Å². The quantitative estimate of drug-likeness (QED) is 0.468. The predicted octanol–water partition coefficient (Wildman–Crippen LogP) is 2.05. The first-order valence-electron chi connectivity index (χ1n) is 4.90. The van der Waals surface area contributed by atoms with Crippen molar-refractivity contribution in [3.8, 4) is 0 Å². The normalized spacial score (nSPS) is 10.3. The maximum atomic E-state index is 10.5. The SMILES string of the molecule is [CH2]OC(=O)OCCCCCCN(C)C. The fourth-order valence-electron chi connectivity index (χ4n) is 1.08. The number of unbranched alkanes of at least 4 members (excludes halogenated alkanes) is 3. The molecule has 0 aliphatic carbocycles. The van der Waals surface area contributed by atoms with Crippen LogP contribution < -0.4 is 0 Å². The monoisotopic (exact) mass is 202 g/mol. The lowest BCUT2D eigenvalue weighted by Crippen LogP contribution is -2.12. The standard InChI is InChI=1S/C10H20NO3/c1-11(2)8-6-4-5-7-9-14-10(12)13-3/h3-9H2,1-2H3. The number of carbonyl (C=O) groups is 1. The van der Waals surface area contributed by atoms with Crippen molar-refractivity contribution in [1.29, 1.82) is 0 Å². The summed E-state index contributed by atoms with van der Waals surface area (Å²) in [6, 6.07) is 0. The lowest BCUT2D eigenvalue weighted by atomic mass is 10.2. The first-order chi connectivity index (χ1) is 6.66. The molecular formula is C10H20NO3. The molecule has 0 bridgehead atoms. The van der Waals surface area contributed by atoms with E-state index < -0.39 is 6.16 Å². The maximum absolute atomic E-state index is 10.5. The number of ether oxygens (including phenoxy) is 2. The van der Waals surface area contributed by atoms with Gasteiger partial charge in [0.2, 0.25) is 0 Å². The summed E-state index contributed by atoms with van der Waals surface area (Å²) in [5.74, 6) is 0. The van der Waals surface area contributed by atoms with Crippen LogP contribution in [0, 0.1) is 7.11 Å². The van der Waals surface area contributed by atoms with E-state index in [9.17, 15) is 4.79 Å². The molecule has 0 rings (SSSR count). The molecular weight excluding hydrogens is 182 g/mol. The van der Waals surface area contributed by atoms with E-state index in [2.05, 4.69) is 35.6 Å². The summed E-state index contributed by atoms with van der Waals surface area (Å²) in [6.45, 7) is 1.54. The number of nitrogens with zero attached hydrogens (tertiary/aromatic N) is 1. The molecule has 0 amide bonds. The maximum Gasteiger partial charge on any atom is 0.508 e. The molecule has 0 heterocycles. The van der Waals surface area contributed by atoms with Crippen LogP contribution in [-0.2, 0) is 9.47 Å². The van der Waals surface area contributed by atoms with E-state index in [1.54, 1.807) is 0 Å². The fraction of sp³-hybridized carbons (Fsp3) is 0.800. The summed E-state index contributed by atoms with van der Waals surface area (Å²) in [6.07, 6.45) is 3.63. The molecule has 0 N–H and O–H groups in total. The van der Waals surface area contributed by atoms with Crippen LogP contribution in [0.5, 0.6) is 0 Å². The Morgan fingerprint density at radius 3 is 2.43 bits per heavy atom. The third kappa shape index (κ3) is 9.32. The van der Waals surface area contributed by atoms with E-state index >= 15 is 0 Å². The van der Waals surface area contributed by atoms with Crippen molar-refractivity contribution in [2.75, 3.05) is 27.2 Å². The van der Waals surface area contributed by atoms with Gasteiger partial charge in [0.1, 0.15) is 7.11 Å². The number of hydrogen-bond acceptors (Lipinski definition) is 4. The van der Waals surface area contributed by atoms with Crippen LogP contribution in [-0.4, -0.2) is 38.3 Å². The molecule has 0 aromatic heterocycles. The summed E-state index contributed by atoms with van der Waals surface area (Å²) in [4.78, 5) is 12.6. The lowest BCUT2D eigenvalue weighted by molar-refractivity contribution is 0.0814. The lowest BCUT2D eigenvalue weighted by Gasteiger charge is -2.08. The van der Waals surface area contributed by atoms with E-state index in [4.69, 9.17) is 0 Å². The summed E-state index contributed by atoms with van der Waals surface area (Å²) < 4.78 is 8.78. The highest BCUT2D eigenvalue weighted by Crippen LogP contribution is 2.01. The predicted molar refractivity (Wildman–Crippen MR) is 54.8 cm³/mol. The van der Waals surface area contributed by atoms with Crippen molar-refractivity contribution in [3.63, 3.8) is 0 Å². The van der Waals surface area contributed by atoms with Crippen molar-refractivity contribution < 1.29 is 14.3 Å². The average molecular weight is 202 g/mol. The van der Waals surface area contributed by atoms with Crippen molar-refractivity contribution >= 4 is 6.16 Å². The van der Waals surface area contributed by atoms with Crippen LogP contribution in [0.2, 0.25) is 0 Å². The molecule has 1 radical (unpaired) electrons. The van der Waals surface area contributed by atoms with Gasteiger partial charge in [-0.2, -0.15) is 0 Å². The van der Waals surface area contributed by atoms with E-state index in [-0.39, 0.29) is 0 Å². The molecule has 0 spiro atoms. The largest absolute Gasteiger partial charge is 0.508 e. The Kier molecular flexibility index (Phi) is 8.33. The van der Waals surface area contributed by atoms with Crippen LogP contribution in [0.3, 0.4) is 0 Å². The Morgan fingerprint density at radius 2 is 1.86 bits per heavy atom. The molecule has 4 nitrogen and oxygen atoms in total.